The summed E-state index contributed by atoms with van der Waals surface area (Å²) in [4.78, 5) is 36.9. The summed E-state index contributed by atoms with van der Waals surface area (Å²) >= 11 is 0. The number of fused-ring (bicyclic) bond motifs is 1. The second-order valence-electron chi connectivity index (χ2n) is 7.29. The van der Waals surface area contributed by atoms with Crippen LogP contribution < -0.4 is 10.2 Å². The Hall–Kier alpha value is -3.94. The number of rotatable bonds is 7. The lowest BCUT2D eigenvalue weighted by atomic mass is 10.00. The van der Waals surface area contributed by atoms with E-state index in [1.54, 1.807) is 19.0 Å². The minimum absolute atomic E-state index is 0.00667. The molecule has 31 heavy (non-hydrogen) atoms. The predicted molar refractivity (Wildman–Crippen MR) is 118 cm³/mol. The Morgan fingerprint density at radius 1 is 1.10 bits per heavy atom. The molecular weight excluding hydrogens is 398 g/mol. The summed E-state index contributed by atoms with van der Waals surface area (Å²) in [5.74, 6) is -1.27. The van der Waals surface area contributed by atoms with E-state index in [4.69, 9.17) is 4.74 Å². The van der Waals surface area contributed by atoms with E-state index in [0.717, 1.165) is 22.4 Å². The number of nitro groups is 1. The lowest BCUT2D eigenvalue weighted by Crippen LogP contribution is -2.31. The summed E-state index contributed by atoms with van der Waals surface area (Å²) in [6.07, 6.45) is 0. The molecule has 3 aromatic rings. The molecule has 0 heterocycles. The SMILES string of the molecule is C[C@@H](NC(=O)COC(=O)c1ccc(N(C)C)c([N+](=O)[O-])c1)c1cccc2ccccc12. The van der Waals surface area contributed by atoms with Gasteiger partial charge in [0.2, 0.25) is 0 Å². The Labute approximate surface area is 179 Å². The largest absolute Gasteiger partial charge is 0.452 e. The number of ether oxygens (including phenoxy) is 1. The van der Waals surface area contributed by atoms with Crippen LogP contribution in [0.1, 0.15) is 28.9 Å². The van der Waals surface area contributed by atoms with Crippen LogP contribution in [0.5, 0.6) is 0 Å². The number of anilines is 1. The van der Waals surface area contributed by atoms with Crippen molar-refractivity contribution in [2.75, 3.05) is 25.6 Å². The van der Waals surface area contributed by atoms with Gasteiger partial charge in [0.25, 0.3) is 11.6 Å². The van der Waals surface area contributed by atoms with E-state index in [1.807, 2.05) is 49.4 Å². The van der Waals surface area contributed by atoms with Gasteiger partial charge in [0, 0.05) is 20.2 Å². The minimum Gasteiger partial charge on any atom is -0.452 e. The second-order valence-corrected chi connectivity index (χ2v) is 7.29. The van der Waals surface area contributed by atoms with Gasteiger partial charge in [-0.15, -0.1) is 0 Å². The number of carbonyl (C=O) groups is 2. The highest BCUT2D eigenvalue weighted by Crippen LogP contribution is 2.28. The number of esters is 1. The van der Waals surface area contributed by atoms with Gasteiger partial charge in [0.1, 0.15) is 5.69 Å². The average Bonchev–Trinajstić information content (AvgIpc) is 2.76. The van der Waals surface area contributed by atoms with Gasteiger partial charge in [0.05, 0.1) is 16.5 Å². The summed E-state index contributed by atoms with van der Waals surface area (Å²) < 4.78 is 5.06. The van der Waals surface area contributed by atoms with E-state index in [-0.39, 0.29) is 17.3 Å². The Kier molecular flexibility index (Phi) is 6.49. The third-order valence-corrected chi connectivity index (χ3v) is 4.89. The maximum absolute atomic E-state index is 12.3. The Balaban J connectivity index is 1.65. The Bertz CT molecular complexity index is 1140. The third-order valence-electron chi connectivity index (χ3n) is 4.89. The molecule has 0 radical (unpaired) electrons. The minimum atomic E-state index is -0.804. The standard InChI is InChI=1S/C23H23N3O5/c1-15(18-10-6-8-16-7-4-5-9-19(16)18)24-22(27)14-31-23(28)17-11-12-20(25(2)3)21(13-17)26(29)30/h4-13,15H,14H2,1-3H3,(H,24,27)/t15-/m1/s1. The number of hydrogen-bond acceptors (Lipinski definition) is 6. The van der Waals surface area contributed by atoms with Crippen LogP contribution in [-0.2, 0) is 9.53 Å². The van der Waals surface area contributed by atoms with E-state index in [9.17, 15) is 19.7 Å². The highest BCUT2D eigenvalue weighted by atomic mass is 16.6. The van der Waals surface area contributed by atoms with Gasteiger partial charge < -0.3 is 15.0 Å². The average molecular weight is 421 g/mol. The van der Waals surface area contributed by atoms with E-state index in [2.05, 4.69) is 5.32 Å². The molecule has 0 spiro atoms. The van der Waals surface area contributed by atoms with Crippen molar-refractivity contribution in [2.24, 2.45) is 0 Å². The van der Waals surface area contributed by atoms with Crippen molar-refractivity contribution in [1.82, 2.24) is 5.32 Å². The normalized spacial score (nSPS) is 11.6. The highest BCUT2D eigenvalue weighted by molar-refractivity contribution is 5.93. The molecule has 8 nitrogen and oxygen atoms in total. The molecule has 1 N–H and O–H groups in total. The van der Waals surface area contributed by atoms with Gasteiger partial charge in [-0.3, -0.25) is 14.9 Å². The molecule has 0 fully saturated rings. The fraction of sp³-hybridized carbons (Fsp3) is 0.217. The number of benzene rings is 3. The van der Waals surface area contributed by atoms with Crippen molar-refractivity contribution in [2.45, 2.75) is 13.0 Å². The predicted octanol–water partition coefficient (Wildman–Crippen LogP) is 3.85. The molecule has 3 aromatic carbocycles. The van der Waals surface area contributed by atoms with E-state index >= 15 is 0 Å². The van der Waals surface area contributed by atoms with Gasteiger partial charge >= 0.3 is 5.97 Å². The lowest BCUT2D eigenvalue weighted by molar-refractivity contribution is -0.384. The number of nitrogens with zero attached hydrogens (tertiary/aromatic N) is 2. The molecule has 0 saturated carbocycles. The summed E-state index contributed by atoms with van der Waals surface area (Å²) in [7, 11) is 3.34. The van der Waals surface area contributed by atoms with E-state index in [0.29, 0.717) is 5.69 Å². The van der Waals surface area contributed by atoms with Crippen LogP contribution in [0.3, 0.4) is 0 Å². The van der Waals surface area contributed by atoms with E-state index in [1.165, 1.54) is 12.1 Å². The van der Waals surface area contributed by atoms with Gasteiger partial charge in [0.15, 0.2) is 6.61 Å². The van der Waals surface area contributed by atoms with Gasteiger partial charge in [-0.1, -0.05) is 42.5 Å². The molecular formula is C23H23N3O5. The summed E-state index contributed by atoms with van der Waals surface area (Å²) in [6, 6.07) is 17.5. The number of carbonyl (C=O) groups excluding carboxylic acids is 2. The number of amides is 1. The molecule has 8 heteroatoms. The van der Waals surface area contributed by atoms with Crippen LogP contribution in [0.15, 0.2) is 60.7 Å². The van der Waals surface area contributed by atoms with Gasteiger partial charge in [-0.2, -0.15) is 0 Å². The lowest BCUT2D eigenvalue weighted by Gasteiger charge is -2.17. The summed E-state index contributed by atoms with van der Waals surface area (Å²) in [5.41, 5.74) is 1.11. The first-order valence-corrected chi connectivity index (χ1v) is 9.68. The monoisotopic (exact) mass is 421 g/mol. The number of hydrogen-bond donors (Lipinski definition) is 1. The highest BCUT2D eigenvalue weighted by Gasteiger charge is 2.20. The molecule has 0 aliphatic carbocycles. The number of nitro benzene ring substituents is 1. The molecule has 0 bridgehead atoms. The van der Waals surface area contributed by atoms with Gasteiger partial charge in [-0.05, 0) is 35.4 Å². The van der Waals surface area contributed by atoms with Crippen molar-refractivity contribution >= 4 is 34.0 Å². The molecule has 160 valence electrons. The third kappa shape index (κ3) is 4.98. The molecule has 0 saturated heterocycles. The van der Waals surface area contributed by atoms with Crippen LogP contribution in [0, 0.1) is 10.1 Å². The smallest absolute Gasteiger partial charge is 0.338 e. The first kappa shape index (κ1) is 21.8. The van der Waals surface area contributed by atoms with Gasteiger partial charge in [-0.25, -0.2) is 4.79 Å². The quantitative estimate of drug-likeness (QED) is 0.353. The van der Waals surface area contributed by atoms with Crippen molar-refractivity contribution in [3.63, 3.8) is 0 Å². The molecule has 1 amide bonds. The topological polar surface area (TPSA) is 102 Å². The maximum atomic E-state index is 12.3. The fourth-order valence-electron chi connectivity index (χ4n) is 3.38. The first-order chi connectivity index (χ1) is 14.8. The molecule has 0 aromatic heterocycles. The summed E-state index contributed by atoms with van der Waals surface area (Å²) in [5, 5.41) is 16.2. The van der Waals surface area contributed by atoms with Crippen molar-refractivity contribution in [1.29, 1.82) is 0 Å². The van der Waals surface area contributed by atoms with Crippen LogP contribution >= 0.6 is 0 Å². The first-order valence-electron chi connectivity index (χ1n) is 9.68. The second kappa shape index (κ2) is 9.25. The molecule has 1 atom stereocenters. The molecule has 0 unspecified atom stereocenters. The van der Waals surface area contributed by atoms with Crippen molar-refractivity contribution in [3.8, 4) is 0 Å². The molecule has 0 aliphatic rings. The van der Waals surface area contributed by atoms with Crippen molar-refractivity contribution < 1.29 is 19.2 Å². The molecule has 3 rings (SSSR count). The Morgan fingerprint density at radius 3 is 2.52 bits per heavy atom. The van der Waals surface area contributed by atoms with E-state index < -0.39 is 23.4 Å². The van der Waals surface area contributed by atoms with Crippen LogP contribution in [0.2, 0.25) is 0 Å². The zero-order chi connectivity index (χ0) is 22.5. The van der Waals surface area contributed by atoms with Crippen LogP contribution in [0.4, 0.5) is 11.4 Å². The number of nitrogens with one attached hydrogen (secondary N) is 1. The molecule has 0 aliphatic heterocycles. The zero-order valence-corrected chi connectivity index (χ0v) is 17.5. The Morgan fingerprint density at radius 2 is 1.81 bits per heavy atom. The maximum Gasteiger partial charge on any atom is 0.338 e. The summed E-state index contributed by atoms with van der Waals surface area (Å²) in [6.45, 7) is 1.36. The van der Waals surface area contributed by atoms with Crippen LogP contribution in [0.25, 0.3) is 10.8 Å². The van der Waals surface area contributed by atoms with Crippen molar-refractivity contribution in [3.05, 3.63) is 81.9 Å². The zero-order valence-electron chi connectivity index (χ0n) is 17.5. The fourth-order valence-corrected chi connectivity index (χ4v) is 3.38. The van der Waals surface area contributed by atoms with Crippen LogP contribution in [-0.4, -0.2) is 37.5 Å².